The predicted molar refractivity (Wildman–Crippen MR) is 232 cm³/mol. The van der Waals surface area contributed by atoms with Crippen LogP contribution >= 0.6 is 0 Å². The summed E-state index contributed by atoms with van der Waals surface area (Å²) in [6.07, 6.45) is 0. The van der Waals surface area contributed by atoms with Gasteiger partial charge in [0.05, 0.1) is 0 Å². The molecule has 0 amide bonds. The van der Waals surface area contributed by atoms with E-state index in [0.29, 0.717) is 0 Å². The molecule has 10 rings (SSSR count). The summed E-state index contributed by atoms with van der Waals surface area (Å²) in [5.41, 5.74) is 14.7. The van der Waals surface area contributed by atoms with Gasteiger partial charge in [-0.1, -0.05) is 182 Å². The van der Waals surface area contributed by atoms with E-state index < -0.39 is 0 Å². The zero-order valence-corrected chi connectivity index (χ0v) is 29.8. The first-order chi connectivity index (χ1) is 26.8. The van der Waals surface area contributed by atoms with E-state index in [1.807, 2.05) is 0 Å². The first kappa shape index (κ1) is 31.7. The first-order valence-corrected chi connectivity index (χ1v) is 18.7. The van der Waals surface area contributed by atoms with Crippen LogP contribution in [0.5, 0.6) is 0 Å². The van der Waals surface area contributed by atoms with Gasteiger partial charge >= 0.3 is 0 Å². The Morgan fingerprint density at radius 2 is 0.556 bits per heavy atom. The minimum absolute atomic E-state index is 1.21. The summed E-state index contributed by atoms with van der Waals surface area (Å²) in [5, 5.41) is 7.47. The van der Waals surface area contributed by atoms with Crippen molar-refractivity contribution in [3.05, 3.63) is 218 Å². The molecule has 10 aromatic rings. The lowest BCUT2D eigenvalue weighted by Crippen LogP contribution is -1.92. The fourth-order valence-corrected chi connectivity index (χ4v) is 8.15. The molecule has 0 spiro atoms. The standard InChI is InChI=1S/C54H36/c1-5-15-37(16-6-1)41-25-26-43-32-44(28-27-42(43)31-41)47-29-30-48(50-24-14-13-23-49(47)50)46-35-52(40-21-11-4-12-22-40)53-34-45(38-17-7-2-8-18-38)33-51(54(53)36-46)39-19-9-3-10-20-39/h1-36H. The van der Waals surface area contributed by atoms with Gasteiger partial charge in [0.25, 0.3) is 0 Å². The van der Waals surface area contributed by atoms with Crippen LogP contribution in [0.15, 0.2) is 218 Å². The van der Waals surface area contributed by atoms with Gasteiger partial charge in [0.2, 0.25) is 0 Å². The lowest BCUT2D eigenvalue weighted by molar-refractivity contribution is 1.60. The molecule has 0 fully saturated rings. The van der Waals surface area contributed by atoms with Crippen molar-refractivity contribution in [2.75, 3.05) is 0 Å². The molecule has 0 aliphatic heterocycles. The molecule has 54 heavy (non-hydrogen) atoms. The number of hydrogen-bond acceptors (Lipinski definition) is 0. The highest BCUT2D eigenvalue weighted by atomic mass is 14.2. The van der Waals surface area contributed by atoms with Crippen molar-refractivity contribution in [1.82, 2.24) is 0 Å². The van der Waals surface area contributed by atoms with Crippen LogP contribution < -0.4 is 0 Å². The fraction of sp³-hybridized carbons (Fsp3) is 0. The Morgan fingerprint density at radius 1 is 0.167 bits per heavy atom. The molecule has 0 radical (unpaired) electrons. The molecule has 0 nitrogen and oxygen atoms in total. The Hall–Kier alpha value is -7.02. The molecule has 0 N–H and O–H groups in total. The molecule has 0 aliphatic rings. The van der Waals surface area contributed by atoms with Gasteiger partial charge in [0.15, 0.2) is 0 Å². The minimum atomic E-state index is 1.21. The summed E-state index contributed by atoms with van der Waals surface area (Å²) in [7, 11) is 0. The number of fused-ring (bicyclic) bond motifs is 3. The van der Waals surface area contributed by atoms with E-state index in [-0.39, 0.29) is 0 Å². The highest BCUT2D eigenvalue weighted by Crippen LogP contribution is 2.44. The Morgan fingerprint density at radius 3 is 1.09 bits per heavy atom. The van der Waals surface area contributed by atoms with Crippen molar-refractivity contribution in [3.8, 4) is 66.8 Å². The summed E-state index contributed by atoms with van der Waals surface area (Å²) in [5.74, 6) is 0. The van der Waals surface area contributed by atoms with E-state index in [4.69, 9.17) is 0 Å². The first-order valence-electron chi connectivity index (χ1n) is 18.7. The van der Waals surface area contributed by atoms with Crippen molar-refractivity contribution in [2.24, 2.45) is 0 Å². The second-order valence-electron chi connectivity index (χ2n) is 14.1. The van der Waals surface area contributed by atoms with Crippen LogP contribution in [-0.4, -0.2) is 0 Å². The fourth-order valence-electron chi connectivity index (χ4n) is 8.15. The lowest BCUT2D eigenvalue weighted by Gasteiger charge is -2.18. The average Bonchev–Trinajstić information content (AvgIpc) is 3.26. The van der Waals surface area contributed by atoms with Gasteiger partial charge in [-0.3, -0.25) is 0 Å². The summed E-state index contributed by atoms with van der Waals surface area (Å²) in [6, 6.07) is 79.8. The van der Waals surface area contributed by atoms with E-state index in [1.54, 1.807) is 0 Å². The van der Waals surface area contributed by atoms with E-state index in [2.05, 4.69) is 218 Å². The number of hydrogen-bond donors (Lipinski definition) is 0. The molecular weight excluding hydrogens is 649 g/mol. The Balaban J connectivity index is 1.17. The summed E-state index contributed by atoms with van der Waals surface area (Å²) in [4.78, 5) is 0. The van der Waals surface area contributed by atoms with Crippen molar-refractivity contribution in [1.29, 1.82) is 0 Å². The molecule has 0 unspecified atom stereocenters. The Kier molecular flexibility index (Phi) is 7.93. The van der Waals surface area contributed by atoms with Crippen molar-refractivity contribution in [2.45, 2.75) is 0 Å². The van der Waals surface area contributed by atoms with Crippen molar-refractivity contribution >= 4 is 32.3 Å². The number of benzene rings is 10. The predicted octanol–water partition coefficient (Wildman–Crippen LogP) is 15.1. The molecule has 252 valence electrons. The van der Waals surface area contributed by atoms with Gasteiger partial charge in [0, 0.05) is 0 Å². The number of rotatable bonds is 6. The smallest absolute Gasteiger partial charge is 0.00926 e. The quantitative estimate of drug-likeness (QED) is 0.164. The molecule has 0 bridgehead atoms. The highest BCUT2D eigenvalue weighted by molar-refractivity contribution is 6.12. The second kappa shape index (κ2) is 13.5. The second-order valence-corrected chi connectivity index (χ2v) is 14.1. The molecule has 0 saturated carbocycles. The van der Waals surface area contributed by atoms with Crippen LogP contribution in [-0.2, 0) is 0 Å². The molecular formula is C54H36. The molecule has 0 aromatic heterocycles. The van der Waals surface area contributed by atoms with Gasteiger partial charge in [0.1, 0.15) is 0 Å². The zero-order valence-electron chi connectivity index (χ0n) is 29.8. The molecule has 0 saturated heterocycles. The maximum Gasteiger partial charge on any atom is -0.00926 e. The van der Waals surface area contributed by atoms with Gasteiger partial charge in [-0.15, -0.1) is 0 Å². The largest absolute Gasteiger partial charge is 0.0622 e. The van der Waals surface area contributed by atoms with Crippen LogP contribution in [0.3, 0.4) is 0 Å². The van der Waals surface area contributed by atoms with Gasteiger partial charge in [-0.25, -0.2) is 0 Å². The maximum absolute atomic E-state index is 2.42. The topological polar surface area (TPSA) is 0 Å². The average molecular weight is 685 g/mol. The van der Waals surface area contributed by atoms with Crippen LogP contribution in [0.4, 0.5) is 0 Å². The van der Waals surface area contributed by atoms with Crippen LogP contribution in [0.1, 0.15) is 0 Å². The van der Waals surface area contributed by atoms with E-state index in [1.165, 1.54) is 99.1 Å². The molecule has 0 atom stereocenters. The SMILES string of the molecule is c1ccc(-c2ccc3cc(-c4ccc(-c5cc(-c6ccccc6)c6cc(-c7ccccc7)cc(-c7ccccc7)c6c5)c5ccccc45)ccc3c2)cc1. The van der Waals surface area contributed by atoms with Crippen LogP contribution in [0.2, 0.25) is 0 Å². The molecule has 0 heteroatoms. The van der Waals surface area contributed by atoms with Crippen molar-refractivity contribution in [3.63, 3.8) is 0 Å². The van der Waals surface area contributed by atoms with Gasteiger partial charge < -0.3 is 0 Å². The van der Waals surface area contributed by atoms with E-state index in [0.717, 1.165) is 0 Å². The summed E-state index contributed by atoms with van der Waals surface area (Å²) >= 11 is 0. The monoisotopic (exact) mass is 684 g/mol. The van der Waals surface area contributed by atoms with E-state index in [9.17, 15) is 0 Å². The van der Waals surface area contributed by atoms with Crippen LogP contribution in [0.25, 0.3) is 99.1 Å². The normalized spacial score (nSPS) is 11.3. The zero-order chi connectivity index (χ0) is 35.8. The Bertz CT molecular complexity index is 2940. The van der Waals surface area contributed by atoms with Gasteiger partial charge in [-0.05, 0) is 135 Å². The Labute approximate surface area is 316 Å². The molecule has 0 aliphatic carbocycles. The maximum atomic E-state index is 2.42. The third-order valence-electron chi connectivity index (χ3n) is 10.8. The third-order valence-corrected chi connectivity index (χ3v) is 10.8. The van der Waals surface area contributed by atoms with Crippen molar-refractivity contribution < 1.29 is 0 Å². The molecule has 10 aromatic carbocycles. The summed E-state index contributed by atoms with van der Waals surface area (Å²) in [6.45, 7) is 0. The third kappa shape index (κ3) is 5.75. The lowest BCUT2D eigenvalue weighted by atomic mass is 9.85. The molecule has 0 heterocycles. The van der Waals surface area contributed by atoms with E-state index >= 15 is 0 Å². The minimum Gasteiger partial charge on any atom is -0.0622 e. The van der Waals surface area contributed by atoms with Crippen LogP contribution in [0, 0.1) is 0 Å². The summed E-state index contributed by atoms with van der Waals surface area (Å²) < 4.78 is 0. The highest BCUT2D eigenvalue weighted by Gasteiger charge is 2.17. The van der Waals surface area contributed by atoms with Gasteiger partial charge in [-0.2, -0.15) is 0 Å².